The van der Waals surface area contributed by atoms with Crippen molar-refractivity contribution in [1.29, 1.82) is 0 Å². The third kappa shape index (κ3) is 9.89. The second-order valence-electron chi connectivity index (χ2n) is 4.19. The molecular formula is C12H26N4O2. The van der Waals surface area contributed by atoms with E-state index in [0.717, 1.165) is 13.0 Å². The SMILES string of the molecule is CCOCCCN=C(N)NCCNC(=O)C(C)C. The van der Waals surface area contributed by atoms with Crippen molar-refractivity contribution in [3.05, 3.63) is 0 Å². The fraction of sp³-hybridized carbons (Fsp3) is 0.833. The van der Waals surface area contributed by atoms with E-state index in [1.165, 1.54) is 0 Å². The third-order valence-electron chi connectivity index (χ3n) is 2.19. The molecule has 0 bridgehead atoms. The number of hydrogen-bond acceptors (Lipinski definition) is 3. The quantitative estimate of drug-likeness (QED) is 0.311. The number of carbonyl (C=O) groups is 1. The molecule has 0 aromatic carbocycles. The Hall–Kier alpha value is -1.30. The summed E-state index contributed by atoms with van der Waals surface area (Å²) >= 11 is 0. The summed E-state index contributed by atoms with van der Waals surface area (Å²) in [6.07, 6.45) is 0.861. The molecule has 0 aliphatic carbocycles. The molecule has 1 amide bonds. The van der Waals surface area contributed by atoms with Crippen LogP contribution < -0.4 is 16.4 Å². The number of aliphatic imine (C=N–C) groups is 1. The molecule has 0 radical (unpaired) electrons. The van der Waals surface area contributed by atoms with Gasteiger partial charge in [-0.2, -0.15) is 0 Å². The number of rotatable bonds is 9. The van der Waals surface area contributed by atoms with Crippen molar-refractivity contribution in [3.8, 4) is 0 Å². The molecule has 6 nitrogen and oxygen atoms in total. The summed E-state index contributed by atoms with van der Waals surface area (Å²) in [4.78, 5) is 15.4. The van der Waals surface area contributed by atoms with Gasteiger partial charge >= 0.3 is 0 Å². The third-order valence-corrected chi connectivity index (χ3v) is 2.19. The molecule has 0 rings (SSSR count). The molecule has 0 saturated carbocycles. The van der Waals surface area contributed by atoms with Gasteiger partial charge < -0.3 is 21.1 Å². The van der Waals surface area contributed by atoms with Crippen LogP contribution in [0.1, 0.15) is 27.2 Å². The molecule has 0 aliphatic rings. The second kappa shape index (κ2) is 10.8. The number of nitrogens with one attached hydrogen (secondary N) is 2. The number of guanidine groups is 1. The molecule has 0 aromatic heterocycles. The van der Waals surface area contributed by atoms with Crippen molar-refractivity contribution in [2.24, 2.45) is 16.6 Å². The largest absolute Gasteiger partial charge is 0.382 e. The van der Waals surface area contributed by atoms with Crippen LogP contribution in [-0.4, -0.2) is 44.7 Å². The zero-order chi connectivity index (χ0) is 13.8. The molecule has 0 aliphatic heterocycles. The van der Waals surface area contributed by atoms with Crippen LogP contribution in [0, 0.1) is 5.92 Å². The second-order valence-corrected chi connectivity index (χ2v) is 4.19. The van der Waals surface area contributed by atoms with Crippen LogP contribution in [0.15, 0.2) is 4.99 Å². The number of ether oxygens (including phenoxy) is 1. The lowest BCUT2D eigenvalue weighted by Gasteiger charge is -2.09. The van der Waals surface area contributed by atoms with E-state index in [4.69, 9.17) is 10.5 Å². The first-order valence-corrected chi connectivity index (χ1v) is 6.47. The van der Waals surface area contributed by atoms with Crippen LogP contribution >= 0.6 is 0 Å². The maximum absolute atomic E-state index is 11.2. The number of carbonyl (C=O) groups excluding carboxylic acids is 1. The molecule has 18 heavy (non-hydrogen) atoms. The Bertz CT molecular complexity index is 254. The van der Waals surface area contributed by atoms with E-state index in [9.17, 15) is 4.79 Å². The monoisotopic (exact) mass is 258 g/mol. The van der Waals surface area contributed by atoms with Crippen LogP contribution in [0.4, 0.5) is 0 Å². The first-order chi connectivity index (χ1) is 8.57. The van der Waals surface area contributed by atoms with Crippen LogP contribution in [0.3, 0.4) is 0 Å². The van der Waals surface area contributed by atoms with Crippen molar-refractivity contribution in [3.63, 3.8) is 0 Å². The maximum atomic E-state index is 11.2. The minimum absolute atomic E-state index is 0.00887. The zero-order valence-electron chi connectivity index (χ0n) is 11.7. The number of amides is 1. The highest BCUT2D eigenvalue weighted by Gasteiger charge is 2.04. The van der Waals surface area contributed by atoms with E-state index < -0.39 is 0 Å². The topological polar surface area (TPSA) is 88.7 Å². The minimum Gasteiger partial charge on any atom is -0.382 e. The van der Waals surface area contributed by atoms with Crippen LogP contribution in [0.25, 0.3) is 0 Å². The van der Waals surface area contributed by atoms with E-state index in [-0.39, 0.29) is 11.8 Å². The molecule has 0 fully saturated rings. The predicted molar refractivity (Wildman–Crippen MR) is 73.4 cm³/mol. The van der Waals surface area contributed by atoms with Gasteiger partial charge in [0.1, 0.15) is 0 Å². The number of nitrogens with zero attached hydrogens (tertiary/aromatic N) is 1. The Balaban J connectivity index is 3.49. The van der Waals surface area contributed by atoms with Crippen molar-refractivity contribution >= 4 is 11.9 Å². The maximum Gasteiger partial charge on any atom is 0.222 e. The lowest BCUT2D eigenvalue weighted by Crippen LogP contribution is -2.39. The van der Waals surface area contributed by atoms with Crippen LogP contribution in [0.5, 0.6) is 0 Å². The molecule has 0 spiro atoms. The van der Waals surface area contributed by atoms with E-state index in [2.05, 4.69) is 15.6 Å². The summed E-state index contributed by atoms with van der Waals surface area (Å²) in [7, 11) is 0. The van der Waals surface area contributed by atoms with E-state index in [1.807, 2.05) is 20.8 Å². The number of hydrogen-bond donors (Lipinski definition) is 3. The van der Waals surface area contributed by atoms with Crippen molar-refractivity contribution < 1.29 is 9.53 Å². The van der Waals surface area contributed by atoms with E-state index in [1.54, 1.807) is 0 Å². The predicted octanol–water partition coefficient (Wildman–Crippen LogP) is 0.0895. The van der Waals surface area contributed by atoms with Crippen LogP contribution in [-0.2, 0) is 9.53 Å². The summed E-state index contributed by atoms with van der Waals surface area (Å²) in [6, 6.07) is 0. The van der Waals surface area contributed by atoms with Crippen molar-refractivity contribution in [2.75, 3.05) is 32.8 Å². The van der Waals surface area contributed by atoms with Gasteiger partial charge in [-0.1, -0.05) is 13.8 Å². The van der Waals surface area contributed by atoms with Crippen molar-refractivity contribution in [1.82, 2.24) is 10.6 Å². The molecule has 0 atom stereocenters. The summed E-state index contributed by atoms with van der Waals surface area (Å²) in [5, 5.41) is 5.73. The molecule has 0 heterocycles. The first kappa shape index (κ1) is 16.7. The lowest BCUT2D eigenvalue weighted by atomic mass is 10.2. The van der Waals surface area contributed by atoms with Gasteiger partial charge in [-0.25, -0.2) is 0 Å². The molecular weight excluding hydrogens is 232 g/mol. The molecule has 6 heteroatoms. The van der Waals surface area contributed by atoms with Gasteiger partial charge in [0.15, 0.2) is 5.96 Å². The fourth-order valence-corrected chi connectivity index (χ4v) is 1.15. The van der Waals surface area contributed by atoms with Gasteiger partial charge in [0.2, 0.25) is 5.91 Å². The highest BCUT2D eigenvalue weighted by Crippen LogP contribution is 1.88. The summed E-state index contributed by atoms with van der Waals surface area (Å²) in [5.41, 5.74) is 5.65. The molecule has 106 valence electrons. The van der Waals surface area contributed by atoms with Crippen molar-refractivity contribution in [2.45, 2.75) is 27.2 Å². The van der Waals surface area contributed by atoms with Gasteiger partial charge in [0.25, 0.3) is 0 Å². The van der Waals surface area contributed by atoms with E-state index in [0.29, 0.717) is 32.2 Å². The van der Waals surface area contributed by atoms with Gasteiger partial charge in [0, 0.05) is 38.8 Å². The van der Waals surface area contributed by atoms with E-state index >= 15 is 0 Å². The lowest BCUT2D eigenvalue weighted by molar-refractivity contribution is -0.123. The summed E-state index contributed by atoms with van der Waals surface area (Å²) in [6.45, 7) is 8.89. The average molecular weight is 258 g/mol. The highest BCUT2D eigenvalue weighted by atomic mass is 16.5. The van der Waals surface area contributed by atoms with Crippen LogP contribution in [0.2, 0.25) is 0 Å². The standard InChI is InChI=1S/C12H26N4O2/c1-4-18-9-5-6-15-12(13)16-8-7-14-11(17)10(2)3/h10H,4-9H2,1-3H3,(H,14,17)(H3,13,15,16). The Morgan fingerprint density at radius 1 is 1.33 bits per heavy atom. The summed E-state index contributed by atoms with van der Waals surface area (Å²) < 4.78 is 5.18. The van der Waals surface area contributed by atoms with Gasteiger partial charge in [-0.05, 0) is 13.3 Å². The number of nitrogens with two attached hydrogens (primary N) is 1. The Kier molecular flexibility index (Phi) is 10.0. The van der Waals surface area contributed by atoms with Gasteiger partial charge in [0.05, 0.1) is 0 Å². The first-order valence-electron chi connectivity index (χ1n) is 6.47. The Morgan fingerprint density at radius 2 is 2.00 bits per heavy atom. The van der Waals surface area contributed by atoms with Gasteiger partial charge in [-0.15, -0.1) is 0 Å². The highest BCUT2D eigenvalue weighted by molar-refractivity contribution is 5.78. The molecule has 0 aromatic rings. The smallest absolute Gasteiger partial charge is 0.222 e. The van der Waals surface area contributed by atoms with Gasteiger partial charge in [-0.3, -0.25) is 9.79 Å². The zero-order valence-corrected chi connectivity index (χ0v) is 11.7. The Labute approximate surface area is 109 Å². The fourth-order valence-electron chi connectivity index (χ4n) is 1.15. The Morgan fingerprint density at radius 3 is 2.61 bits per heavy atom. The normalized spacial score (nSPS) is 11.7. The molecule has 0 unspecified atom stereocenters. The average Bonchev–Trinajstić information content (AvgIpc) is 2.34. The molecule has 4 N–H and O–H groups in total. The molecule has 0 saturated heterocycles. The minimum atomic E-state index is 0.00887. The summed E-state index contributed by atoms with van der Waals surface area (Å²) in [5.74, 6) is 0.462.